The van der Waals surface area contributed by atoms with Crippen LogP contribution >= 0.6 is 24.0 Å². The zero-order valence-corrected chi connectivity index (χ0v) is 21.6. The smallest absolute Gasteiger partial charge is 0.233 e. The van der Waals surface area contributed by atoms with E-state index < -0.39 is 0 Å². The number of ether oxygens (including phenoxy) is 1. The van der Waals surface area contributed by atoms with Crippen LogP contribution in [0.15, 0.2) is 17.1 Å². The van der Waals surface area contributed by atoms with Gasteiger partial charge < -0.3 is 15.4 Å². The molecular weight excluding hydrogens is 519 g/mol. The summed E-state index contributed by atoms with van der Waals surface area (Å²) in [6.07, 6.45) is 15.5. The Morgan fingerprint density at radius 2 is 1.62 bits per heavy atom. The number of amides is 2. The predicted octanol–water partition coefficient (Wildman–Crippen LogP) is 3.10. The van der Waals surface area contributed by atoms with Gasteiger partial charge in [0, 0.05) is 33.3 Å². The molecule has 2 N–H and O–H groups in total. The molecule has 4 aliphatic rings. The quantitative estimate of drug-likeness (QED) is 0.0865. The average Bonchev–Trinajstić information content (AvgIpc) is 3.38. The number of rotatable bonds is 9. The lowest BCUT2D eigenvalue weighted by Crippen LogP contribution is -2.43. The summed E-state index contributed by atoms with van der Waals surface area (Å²) < 4.78 is 6.04. The number of carbonyl (C=O) groups excluding carboxylic acids is 2. The predicted molar refractivity (Wildman–Crippen MR) is 136 cm³/mol. The van der Waals surface area contributed by atoms with Crippen LogP contribution < -0.4 is 10.6 Å². The molecule has 3 fully saturated rings. The first-order valence-corrected chi connectivity index (χ1v) is 12.3. The van der Waals surface area contributed by atoms with Crippen LogP contribution in [0.4, 0.5) is 0 Å². The summed E-state index contributed by atoms with van der Waals surface area (Å²) in [4.78, 5) is 31.2. The van der Waals surface area contributed by atoms with Crippen LogP contribution in [0, 0.1) is 23.7 Å². The van der Waals surface area contributed by atoms with E-state index in [9.17, 15) is 9.59 Å². The monoisotopic (exact) mass is 558 g/mol. The Hall–Kier alpha value is -1.16. The second-order valence-electron chi connectivity index (χ2n) is 9.45. The number of halogens is 1. The van der Waals surface area contributed by atoms with Crippen molar-refractivity contribution in [2.75, 3.05) is 33.3 Å². The number of allylic oxidation sites excluding steroid dienone is 2. The summed E-state index contributed by atoms with van der Waals surface area (Å²) >= 11 is 0. The van der Waals surface area contributed by atoms with Gasteiger partial charge in [-0.3, -0.25) is 19.5 Å². The van der Waals surface area contributed by atoms with Crippen molar-refractivity contribution in [3.05, 3.63) is 12.2 Å². The molecule has 1 heterocycles. The van der Waals surface area contributed by atoms with Crippen LogP contribution in [0.5, 0.6) is 0 Å². The Morgan fingerprint density at radius 3 is 2.25 bits per heavy atom. The van der Waals surface area contributed by atoms with Gasteiger partial charge in [-0.05, 0) is 43.9 Å². The van der Waals surface area contributed by atoms with Gasteiger partial charge in [-0.25, -0.2) is 0 Å². The third-order valence-electron chi connectivity index (χ3n) is 7.43. The first-order valence-electron chi connectivity index (χ1n) is 12.3. The highest BCUT2D eigenvalue weighted by atomic mass is 127. The van der Waals surface area contributed by atoms with Crippen molar-refractivity contribution in [1.82, 2.24) is 15.5 Å². The molecule has 2 amide bonds. The largest absolute Gasteiger partial charge is 0.378 e. The third-order valence-corrected chi connectivity index (χ3v) is 7.43. The standard InChI is InChI=1S/C24H38N4O3.HI/c1-25-24(26-12-6-7-15-31-19-8-4-2-3-5-9-19)27-13-14-28-22(29)20-17-10-11-18(16-17)21(20)23(28)30;/h10-11,17-21H,2-9,12-16H2,1H3,(H2,25,26,27);1H. The fraction of sp³-hybridized carbons (Fsp3) is 0.792. The molecule has 7 nitrogen and oxygen atoms in total. The van der Waals surface area contributed by atoms with Gasteiger partial charge in [-0.15, -0.1) is 24.0 Å². The number of fused-ring (bicyclic) bond motifs is 5. The van der Waals surface area contributed by atoms with E-state index in [0.29, 0.717) is 25.2 Å². The maximum Gasteiger partial charge on any atom is 0.233 e. The number of guanidine groups is 1. The van der Waals surface area contributed by atoms with Crippen molar-refractivity contribution >= 4 is 41.8 Å². The molecule has 0 aromatic carbocycles. The molecule has 180 valence electrons. The van der Waals surface area contributed by atoms with Gasteiger partial charge in [0.25, 0.3) is 0 Å². The number of nitrogens with one attached hydrogen (secondary N) is 2. The molecule has 4 atom stereocenters. The summed E-state index contributed by atoms with van der Waals surface area (Å²) in [6, 6.07) is 0. The molecular formula is C24H39IN4O3. The number of nitrogens with zero attached hydrogens (tertiary/aromatic N) is 2. The molecule has 2 bridgehead atoms. The second kappa shape index (κ2) is 12.3. The number of hydrogen-bond acceptors (Lipinski definition) is 4. The van der Waals surface area contributed by atoms with E-state index >= 15 is 0 Å². The van der Waals surface area contributed by atoms with Crippen LogP contribution in [0.3, 0.4) is 0 Å². The van der Waals surface area contributed by atoms with Crippen molar-refractivity contribution < 1.29 is 14.3 Å². The SMILES string of the molecule is CN=C(NCCCCOC1CCCCCC1)NCCN1C(=O)C2C3C=CC(C3)C2C1=O.I. The van der Waals surface area contributed by atoms with Gasteiger partial charge >= 0.3 is 0 Å². The number of hydrogen-bond donors (Lipinski definition) is 2. The van der Waals surface area contributed by atoms with Crippen LogP contribution in [0.1, 0.15) is 57.8 Å². The van der Waals surface area contributed by atoms with Crippen LogP contribution in [0.2, 0.25) is 0 Å². The Morgan fingerprint density at radius 1 is 1.00 bits per heavy atom. The Kier molecular flexibility index (Phi) is 9.82. The number of likely N-dealkylation sites (tertiary alicyclic amines) is 1. The van der Waals surface area contributed by atoms with Gasteiger partial charge in [-0.1, -0.05) is 37.8 Å². The van der Waals surface area contributed by atoms with Crippen molar-refractivity contribution in [2.45, 2.75) is 63.9 Å². The molecule has 1 aliphatic heterocycles. The van der Waals surface area contributed by atoms with E-state index in [4.69, 9.17) is 4.74 Å². The van der Waals surface area contributed by atoms with Crippen LogP contribution in [-0.4, -0.2) is 62.1 Å². The van der Waals surface area contributed by atoms with Crippen molar-refractivity contribution in [2.24, 2.45) is 28.7 Å². The van der Waals surface area contributed by atoms with Crippen LogP contribution in [-0.2, 0) is 14.3 Å². The van der Waals surface area contributed by atoms with E-state index in [1.165, 1.54) is 43.4 Å². The molecule has 0 radical (unpaired) electrons. The topological polar surface area (TPSA) is 83.0 Å². The fourth-order valence-corrected chi connectivity index (χ4v) is 5.78. The van der Waals surface area contributed by atoms with Gasteiger partial charge in [0.2, 0.25) is 11.8 Å². The van der Waals surface area contributed by atoms with Gasteiger partial charge in [-0.2, -0.15) is 0 Å². The fourth-order valence-electron chi connectivity index (χ4n) is 5.78. The van der Waals surface area contributed by atoms with Crippen molar-refractivity contribution in [3.8, 4) is 0 Å². The van der Waals surface area contributed by atoms with Gasteiger partial charge in [0.1, 0.15) is 0 Å². The van der Waals surface area contributed by atoms with E-state index in [2.05, 4.69) is 27.8 Å². The second-order valence-corrected chi connectivity index (χ2v) is 9.45. The van der Waals surface area contributed by atoms with Gasteiger partial charge in [0.15, 0.2) is 5.96 Å². The van der Waals surface area contributed by atoms with Crippen molar-refractivity contribution in [1.29, 1.82) is 0 Å². The minimum atomic E-state index is -0.111. The van der Waals surface area contributed by atoms with E-state index in [1.54, 1.807) is 7.05 Å². The minimum absolute atomic E-state index is 0. The molecule has 8 heteroatoms. The number of carbonyl (C=O) groups is 2. The van der Waals surface area contributed by atoms with E-state index in [0.717, 1.165) is 32.4 Å². The third kappa shape index (κ3) is 5.85. The molecule has 3 aliphatic carbocycles. The summed E-state index contributed by atoms with van der Waals surface area (Å²) in [6.45, 7) is 2.58. The van der Waals surface area contributed by atoms with Crippen LogP contribution in [0.25, 0.3) is 0 Å². The molecule has 4 unspecified atom stereocenters. The normalized spacial score (nSPS) is 29.8. The first kappa shape index (κ1) is 25.5. The Bertz CT molecular complexity index is 675. The first-order chi connectivity index (χ1) is 15.2. The Balaban J connectivity index is 0.00000289. The molecule has 4 rings (SSSR count). The molecule has 0 spiro atoms. The molecule has 0 aromatic rings. The molecule has 2 saturated carbocycles. The molecule has 32 heavy (non-hydrogen) atoms. The highest BCUT2D eigenvalue weighted by molar-refractivity contribution is 14.0. The highest BCUT2D eigenvalue weighted by Crippen LogP contribution is 2.52. The molecule has 1 saturated heterocycles. The molecule has 0 aromatic heterocycles. The number of aliphatic imine (C=N–C) groups is 1. The lowest BCUT2D eigenvalue weighted by Gasteiger charge is -2.19. The highest BCUT2D eigenvalue weighted by Gasteiger charge is 2.58. The lowest BCUT2D eigenvalue weighted by atomic mass is 9.85. The van der Waals surface area contributed by atoms with E-state index in [-0.39, 0.29) is 59.5 Å². The number of unbranched alkanes of at least 4 members (excludes halogenated alkanes) is 1. The minimum Gasteiger partial charge on any atom is -0.378 e. The zero-order chi connectivity index (χ0) is 21.6. The summed E-state index contributed by atoms with van der Waals surface area (Å²) in [5.74, 6) is 1.07. The summed E-state index contributed by atoms with van der Waals surface area (Å²) in [5, 5.41) is 6.55. The van der Waals surface area contributed by atoms with Gasteiger partial charge in [0.05, 0.1) is 17.9 Å². The average molecular weight is 559 g/mol. The lowest BCUT2D eigenvalue weighted by molar-refractivity contribution is -0.140. The van der Waals surface area contributed by atoms with E-state index in [1.807, 2.05) is 0 Å². The zero-order valence-electron chi connectivity index (χ0n) is 19.3. The summed E-state index contributed by atoms with van der Waals surface area (Å²) in [5.41, 5.74) is 0. The summed E-state index contributed by atoms with van der Waals surface area (Å²) in [7, 11) is 1.74. The maximum absolute atomic E-state index is 12.7. The number of imide groups is 1. The maximum atomic E-state index is 12.7. The van der Waals surface area contributed by atoms with Crippen molar-refractivity contribution in [3.63, 3.8) is 0 Å². The Labute approximate surface area is 209 Å².